The number of fused-ring (bicyclic) bond motifs is 1. The summed E-state index contributed by atoms with van der Waals surface area (Å²) in [5.41, 5.74) is 0.877. The summed E-state index contributed by atoms with van der Waals surface area (Å²) in [5, 5.41) is 2.05. The number of rotatable bonds is 6. The topological polar surface area (TPSA) is 38.8 Å². The molecule has 26 heavy (non-hydrogen) atoms. The number of hydrogen-bond donors (Lipinski definition) is 0. The summed E-state index contributed by atoms with van der Waals surface area (Å²) in [6.07, 6.45) is 1.89. The fourth-order valence-corrected chi connectivity index (χ4v) is 4.26. The lowest BCUT2D eigenvalue weighted by molar-refractivity contribution is -0.121. The molecule has 2 aromatic carbocycles. The fraction of sp³-hybridized carbons (Fsp3) is 0.300. The van der Waals surface area contributed by atoms with Crippen LogP contribution in [0.3, 0.4) is 0 Å². The first-order valence-electron chi connectivity index (χ1n) is 8.66. The van der Waals surface area contributed by atoms with E-state index in [1.807, 2.05) is 57.2 Å². The van der Waals surface area contributed by atoms with Crippen LogP contribution in [0.15, 0.2) is 35.2 Å². The van der Waals surface area contributed by atoms with Gasteiger partial charge >= 0.3 is 0 Å². The van der Waals surface area contributed by atoms with Crippen LogP contribution in [-0.4, -0.2) is 34.9 Å². The highest BCUT2D eigenvalue weighted by Gasteiger charge is 2.31. The lowest BCUT2D eigenvalue weighted by atomic mass is 10.0. The Morgan fingerprint density at radius 1 is 1.12 bits per heavy atom. The number of likely N-dealkylation sites (N-methyl/N-ethyl adjacent to an activating group) is 1. The minimum absolute atomic E-state index is 0.0529. The molecule has 0 N–H and O–H groups in total. The monoisotopic (exact) mass is 387 g/mol. The molecule has 1 amide bonds. The van der Waals surface area contributed by atoms with Crippen molar-refractivity contribution in [3.63, 3.8) is 0 Å². The fourth-order valence-electron chi connectivity index (χ4n) is 2.89. The lowest BCUT2D eigenvalue weighted by Crippen LogP contribution is -2.27. The molecular weight excluding hydrogens is 366 g/mol. The summed E-state index contributed by atoms with van der Waals surface area (Å²) >= 11 is 6.65. The summed E-state index contributed by atoms with van der Waals surface area (Å²) in [6.45, 7) is 7.55. The molecule has 4 nitrogen and oxygen atoms in total. The van der Waals surface area contributed by atoms with Crippen LogP contribution in [0.5, 0.6) is 11.5 Å². The number of thioether (sulfide) groups is 1. The van der Waals surface area contributed by atoms with Crippen molar-refractivity contribution in [1.29, 1.82) is 0 Å². The van der Waals surface area contributed by atoms with E-state index in [1.165, 1.54) is 11.8 Å². The first-order chi connectivity index (χ1) is 12.6. The van der Waals surface area contributed by atoms with Crippen molar-refractivity contribution in [3.05, 3.63) is 40.8 Å². The maximum absolute atomic E-state index is 12.6. The van der Waals surface area contributed by atoms with Crippen molar-refractivity contribution < 1.29 is 14.3 Å². The third-order valence-electron chi connectivity index (χ3n) is 4.07. The number of carbonyl (C=O) groups excluding carboxylic acids is 1. The quantitative estimate of drug-likeness (QED) is 0.523. The van der Waals surface area contributed by atoms with E-state index in [0.717, 1.165) is 27.8 Å². The average molecular weight is 388 g/mol. The normalized spacial score (nSPS) is 16.0. The zero-order valence-electron chi connectivity index (χ0n) is 15.1. The van der Waals surface area contributed by atoms with E-state index in [-0.39, 0.29) is 5.91 Å². The van der Waals surface area contributed by atoms with E-state index in [4.69, 9.17) is 21.7 Å². The molecule has 1 heterocycles. The maximum Gasteiger partial charge on any atom is 0.266 e. The number of hydrogen-bond acceptors (Lipinski definition) is 5. The van der Waals surface area contributed by atoms with Gasteiger partial charge in [-0.2, -0.15) is 0 Å². The summed E-state index contributed by atoms with van der Waals surface area (Å²) < 4.78 is 12.1. The number of thiocarbonyl (C=S) groups is 1. The van der Waals surface area contributed by atoms with Crippen molar-refractivity contribution in [2.45, 2.75) is 20.8 Å². The van der Waals surface area contributed by atoms with Crippen molar-refractivity contribution in [1.82, 2.24) is 4.90 Å². The number of ether oxygens (including phenoxy) is 2. The molecule has 0 unspecified atom stereocenters. The van der Waals surface area contributed by atoms with Gasteiger partial charge in [-0.3, -0.25) is 9.69 Å². The van der Waals surface area contributed by atoms with Gasteiger partial charge in [0.25, 0.3) is 5.91 Å². The molecular formula is C20H21NO3S2. The van der Waals surface area contributed by atoms with E-state index in [9.17, 15) is 4.79 Å². The second kappa shape index (κ2) is 8.10. The van der Waals surface area contributed by atoms with E-state index >= 15 is 0 Å². The first kappa shape index (κ1) is 18.7. The molecule has 0 radical (unpaired) electrons. The molecule has 0 bridgehead atoms. The van der Waals surface area contributed by atoms with Crippen LogP contribution in [0.1, 0.15) is 26.3 Å². The van der Waals surface area contributed by atoms with Gasteiger partial charge in [0, 0.05) is 12.1 Å². The SMILES string of the molecule is CCOc1ccc2ccc(OCC)c(C=C3SC(=S)N(CC)C3=O)c2c1. The van der Waals surface area contributed by atoms with Crippen molar-refractivity contribution in [3.8, 4) is 11.5 Å². The van der Waals surface area contributed by atoms with Gasteiger partial charge in [-0.05, 0) is 55.8 Å². The van der Waals surface area contributed by atoms with E-state index in [0.29, 0.717) is 29.0 Å². The maximum atomic E-state index is 12.6. The summed E-state index contributed by atoms with van der Waals surface area (Å²) in [6, 6.07) is 9.92. The van der Waals surface area contributed by atoms with Crippen LogP contribution in [0.4, 0.5) is 0 Å². The zero-order valence-corrected chi connectivity index (χ0v) is 16.7. The Balaban J connectivity index is 2.17. The van der Waals surface area contributed by atoms with Gasteiger partial charge in [-0.15, -0.1) is 0 Å². The molecule has 0 atom stereocenters. The Morgan fingerprint density at radius 2 is 1.85 bits per heavy atom. The highest BCUT2D eigenvalue weighted by atomic mass is 32.2. The summed E-state index contributed by atoms with van der Waals surface area (Å²) in [7, 11) is 0. The second-order valence-corrected chi connectivity index (χ2v) is 7.33. The molecule has 1 saturated heterocycles. The zero-order chi connectivity index (χ0) is 18.7. The van der Waals surface area contributed by atoms with E-state index < -0.39 is 0 Å². The Labute approximate surface area is 163 Å². The minimum atomic E-state index is -0.0529. The van der Waals surface area contributed by atoms with Gasteiger partial charge in [0.05, 0.1) is 18.1 Å². The van der Waals surface area contributed by atoms with Crippen LogP contribution in [-0.2, 0) is 4.79 Å². The molecule has 0 spiro atoms. The van der Waals surface area contributed by atoms with Gasteiger partial charge in [0.15, 0.2) is 0 Å². The van der Waals surface area contributed by atoms with Gasteiger partial charge in [0.2, 0.25) is 0 Å². The highest BCUT2D eigenvalue weighted by Crippen LogP contribution is 2.37. The van der Waals surface area contributed by atoms with E-state index in [1.54, 1.807) is 4.90 Å². The minimum Gasteiger partial charge on any atom is -0.494 e. The molecule has 3 rings (SSSR count). The number of nitrogens with zero attached hydrogens (tertiary/aromatic N) is 1. The Bertz CT molecular complexity index is 887. The van der Waals surface area contributed by atoms with Gasteiger partial charge in [-0.1, -0.05) is 36.1 Å². The van der Waals surface area contributed by atoms with E-state index in [2.05, 4.69) is 0 Å². The number of amides is 1. The third kappa shape index (κ3) is 3.57. The molecule has 6 heteroatoms. The molecule has 1 aliphatic heterocycles. The first-order valence-corrected chi connectivity index (χ1v) is 9.89. The predicted molar refractivity (Wildman–Crippen MR) is 112 cm³/mol. The van der Waals surface area contributed by atoms with Crippen LogP contribution in [0.25, 0.3) is 16.8 Å². The van der Waals surface area contributed by atoms with Gasteiger partial charge in [-0.25, -0.2) is 0 Å². The molecule has 1 fully saturated rings. The summed E-state index contributed by atoms with van der Waals surface area (Å²) in [4.78, 5) is 14.8. The molecule has 136 valence electrons. The lowest BCUT2D eigenvalue weighted by Gasteiger charge is -2.13. The molecule has 0 aliphatic carbocycles. The van der Waals surface area contributed by atoms with Gasteiger partial charge < -0.3 is 9.47 Å². The van der Waals surface area contributed by atoms with Crippen LogP contribution in [0.2, 0.25) is 0 Å². The molecule has 2 aromatic rings. The largest absolute Gasteiger partial charge is 0.494 e. The van der Waals surface area contributed by atoms with Crippen molar-refractivity contribution in [2.24, 2.45) is 0 Å². The standard InChI is InChI=1S/C20H21NO3S2/c1-4-21-19(22)18(26-20(21)25)12-16-15-11-14(23-5-2)9-7-13(15)8-10-17(16)24-6-3/h7-12H,4-6H2,1-3H3. The smallest absolute Gasteiger partial charge is 0.266 e. The highest BCUT2D eigenvalue weighted by molar-refractivity contribution is 8.26. The molecule has 0 aromatic heterocycles. The molecule has 1 aliphatic rings. The Hall–Kier alpha value is -2.05. The number of carbonyl (C=O) groups is 1. The van der Waals surface area contributed by atoms with Crippen LogP contribution in [0, 0.1) is 0 Å². The Kier molecular flexibility index (Phi) is 5.84. The average Bonchev–Trinajstić information content (AvgIpc) is 2.90. The Morgan fingerprint density at radius 3 is 2.50 bits per heavy atom. The van der Waals surface area contributed by atoms with Crippen molar-refractivity contribution in [2.75, 3.05) is 19.8 Å². The predicted octanol–water partition coefficient (Wildman–Crippen LogP) is 4.86. The van der Waals surface area contributed by atoms with Crippen LogP contribution < -0.4 is 9.47 Å². The third-order valence-corrected chi connectivity index (χ3v) is 5.45. The van der Waals surface area contributed by atoms with Gasteiger partial charge in [0.1, 0.15) is 15.8 Å². The summed E-state index contributed by atoms with van der Waals surface area (Å²) in [5.74, 6) is 1.49. The van der Waals surface area contributed by atoms with Crippen LogP contribution >= 0.6 is 24.0 Å². The number of benzene rings is 2. The van der Waals surface area contributed by atoms with Crippen molar-refractivity contribution >= 4 is 51.1 Å². The molecule has 0 saturated carbocycles. The second-order valence-electron chi connectivity index (χ2n) is 5.65.